The highest BCUT2D eigenvalue weighted by molar-refractivity contribution is 7.16. The first-order valence-corrected chi connectivity index (χ1v) is 10.3. The molecule has 0 spiro atoms. The van der Waals surface area contributed by atoms with Gasteiger partial charge in [0.2, 0.25) is 0 Å². The molecule has 4 heteroatoms. The van der Waals surface area contributed by atoms with Crippen LogP contribution in [0.4, 0.5) is 0 Å². The van der Waals surface area contributed by atoms with Gasteiger partial charge in [-0.15, -0.1) is 11.3 Å². The number of fused-ring (bicyclic) bond motifs is 2. The zero-order valence-corrected chi connectivity index (χ0v) is 16.9. The van der Waals surface area contributed by atoms with Gasteiger partial charge < -0.3 is 10.0 Å². The standard InChI is InChI=1S/C22H27NO2S/c1-22(2)11-10-18-16(12-22)19(21(24)25)20(26-18)15-7-5-6-14-13(15)8-9-17(14)23(3)4/h5-7,17H,8-12H2,1-4H3,(H,24,25)/t17-/m0/s1. The van der Waals surface area contributed by atoms with Gasteiger partial charge in [0.05, 0.1) is 5.56 Å². The van der Waals surface area contributed by atoms with E-state index < -0.39 is 5.97 Å². The van der Waals surface area contributed by atoms with Crippen molar-refractivity contribution in [2.45, 2.75) is 52.0 Å². The maximum absolute atomic E-state index is 12.2. The number of aromatic carboxylic acids is 1. The Hall–Kier alpha value is -1.65. The van der Waals surface area contributed by atoms with Gasteiger partial charge in [0.25, 0.3) is 0 Å². The van der Waals surface area contributed by atoms with Crippen LogP contribution < -0.4 is 0 Å². The minimum atomic E-state index is -0.769. The zero-order valence-electron chi connectivity index (χ0n) is 16.1. The first-order valence-electron chi connectivity index (χ1n) is 9.45. The quantitative estimate of drug-likeness (QED) is 0.811. The lowest BCUT2D eigenvalue weighted by atomic mass is 9.76. The molecule has 1 N–H and O–H groups in total. The summed E-state index contributed by atoms with van der Waals surface area (Å²) in [6, 6.07) is 6.88. The fourth-order valence-corrected chi connectivity index (χ4v) is 6.08. The predicted molar refractivity (Wildman–Crippen MR) is 107 cm³/mol. The maximum Gasteiger partial charge on any atom is 0.337 e. The van der Waals surface area contributed by atoms with Gasteiger partial charge in [-0.25, -0.2) is 4.79 Å². The molecule has 1 aromatic carbocycles. The number of aryl methyl sites for hydroxylation is 1. The summed E-state index contributed by atoms with van der Waals surface area (Å²) in [6.07, 6.45) is 5.15. The first kappa shape index (κ1) is 17.7. The molecule has 1 heterocycles. The third-order valence-corrected chi connectivity index (χ3v) is 7.42. The number of hydrogen-bond donors (Lipinski definition) is 1. The fraction of sp³-hybridized carbons (Fsp3) is 0.500. The summed E-state index contributed by atoms with van der Waals surface area (Å²) in [5.41, 5.74) is 5.72. The number of carboxylic acids is 1. The average molecular weight is 370 g/mol. The monoisotopic (exact) mass is 369 g/mol. The predicted octanol–water partition coefficient (Wildman–Crippen LogP) is 5.18. The van der Waals surface area contributed by atoms with E-state index in [-0.39, 0.29) is 5.41 Å². The van der Waals surface area contributed by atoms with E-state index in [1.54, 1.807) is 11.3 Å². The summed E-state index contributed by atoms with van der Waals surface area (Å²) in [6.45, 7) is 4.50. The molecular weight excluding hydrogens is 342 g/mol. The summed E-state index contributed by atoms with van der Waals surface area (Å²) in [5, 5.41) is 10.0. The molecule has 0 unspecified atom stereocenters. The van der Waals surface area contributed by atoms with E-state index in [1.807, 2.05) is 0 Å². The van der Waals surface area contributed by atoms with Gasteiger partial charge in [-0.2, -0.15) is 0 Å². The zero-order chi connectivity index (χ0) is 18.6. The van der Waals surface area contributed by atoms with Crippen molar-refractivity contribution in [3.05, 3.63) is 45.3 Å². The molecule has 0 saturated carbocycles. The number of carbonyl (C=O) groups is 1. The Balaban J connectivity index is 1.89. The number of hydrogen-bond acceptors (Lipinski definition) is 3. The van der Waals surface area contributed by atoms with Crippen LogP contribution in [0.15, 0.2) is 18.2 Å². The number of benzene rings is 1. The molecule has 0 bridgehead atoms. The van der Waals surface area contributed by atoms with Crippen LogP contribution in [0, 0.1) is 5.41 Å². The van der Waals surface area contributed by atoms with Gasteiger partial charge in [-0.3, -0.25) is 0 Å². The summed E-state index contributed by atoms with van der Waals surface area (Å²) in [4.78, 5) is 16.8. The Kier molecular flexibility index (Phi) is 4.24. The molecule has 1 atom stereocenters. The van der Waals surface area contributed by atoms with Gasteiger partial charge in [0.15, 0.2) is 0 Å². The Bertz CT molecular complexity index is 879. The van der Waals surface area contributed by atoms with Gasteiger partial charge >= 0.3 is 5.97 Å². The molecule has 0 saturated heterocycles. The molecule has 0 amide bonds. The van der Waals surface area contributed by atoms with Gasteiger partial charge in [-0.1, -0.05) is 32.0 Å². The average Bonchev–Trinajstić information content (AvgIpc) is 3.14. The first-order chi connectivity index (χ1) is 12.3. The van der Waals surface area contributed by atoms with E-state index in [1.165, 1.54) is 16.0 Å². The second kappa shape index (κ2) is 6.21. The van der Waals surface area contributed by atoms with Crippen molar-refractivity contribution in [2.24, 2.45) is 5.41 Å². The fourth-order valence-electron chi connectivity index (χ4n) is 4.72. The van der Waals surface area contributed by atoms with Crippen molar-refractivity contribution in [1.29, 1.82) is 0 Å². The van der Waals surface area contributed by atoms with E-state index in [4.69, 9.17) is 0 Å². The topological polar surface area (TPSA) is 40.5 Å². The van der Waals surface area contributed by atoms with Crippen LogP contribution in [0.25, 0.3) is 10.4 Å². The number of thiophene rings is 1. The van der Waals surface area contributed by atoms with E-state index in [9.17, 15) is 9.90 Å². The van der Waals surface area contributed by atoms with Crippen LogP contribution in [0.3, 0.4) is 0 Å². The van der Waals surface area contributed by atoms with Gasteiger partial charge in [0.1, 0.15) is 0 Å². The summed E-state index contributed by atoms with van der Waals surface area (Å²) < 4.78 is 0. The Morgan fingerprint density at radius 3 is 2.69 bits per heavy atom. The smallest absolute Gasteiger partial charge is 0.337 e. The van der Waals surface area contributed by atoms with Gasteiger partial charge in [0, 0.05) is 15.8 Å². The van der Waals surface area contributed by atoms with Gasteiger partial charge in [-0.05, 0) is 73.9 Å². The minimum Gasteiger partial charge on any atom is -0.478 e. The van der Waals surface area contributed by atoms with E-state index >= 15 is 0 Å². The Labute approximate surface area is 159 Å². The van der Waals surface area contributed by atoms with Crippen molar-refractivity contribution in [3.63, 3.8) is 0 Å². The molecule has 138 valence electrons. The highest BCUT2D eigenvalue weighted by Crippen LogP contribution is 2.48. The van der Waals surface area contributed by atoms with Crippen LogP contribution in [-0.2, 0) is 19.3 Å². The van der Waals surface area contributed by atoms with Crippen molar-refractivity contribution < 1.29 is 9.90 Å². The highest BCUT2D eigenvalue weighted by Gasteiger charge is 2.34. The summed E-state index contributed by atoms with van der Waals surface area (Å²) in [5.74, 6) is -0.769. The van der Waals surface area contributed by atoms with Crippen molar-refractivity contribution >= 4 is 17.3 Å². The molecule has 1 aromatic heterocycles. The molecular formula is C22H27NO2S. The minimum absolute atomic E-state index is 0.185. The van der Waals surface area contributed by atoms with E-state index in [2.05, 4.69) is 51.0 Å². The molecule has 2 aliphatic rings. The highest BCUT2D eigenvalue weighted by atomic mass is 32.1. The Morgan fingerprint density at radius 1 is 1.23 bits per heavy atom. The van der Waals surface area contributed by atoms with Crippen molar-refractivity contribution in [3.8, 4) is 10.4 Å². The lowest BCUT2D eigenvalue weighted by molar-refractivity contribution is 0.0696. The van der Waals surface area contributed by atoms with Crippen LogP contribution in [0.5, 0.6) is 0 Å². The third kappa shape index (κ3) is 2.80. The van der Waals surface area contributed by atoms with Crippen LogP contribution in [0.1, 0.15) is 64.7 Å². The van der Waals surface area contributed by atoms with Crippen molar-refractivity contribution in [1.82, 2.24) is 4.90 Å². The van der Waals surface area contributed by atoms with Crippen LogP contribution >= 0.6 is 11.3 Å². The molecule has 2 aromatic rings. The van der Waals surface area contributed by atoms with E-state index in [0.29, 0.717) is 11.6 Å². The van der Waals surface area contributed by atoms with Crippen LogP contribution in [0.2, 0.25) is 0 Å². The maximum atomic E-state index is 12.2. The molecule has 0 fully saturated rings. The van der Waals surface area contributed by atoms with Crippen molar-refractivity contribution in [2.75, 3.05) is 14.1 Å². The normalized spacial score (nSPS) is 20.9. The molecule has 0 aliphatic heterocycles. The molecule has 3 nitrogen and oxygen atoms in total. The molecule has 2 aliphatic carbocycles. The summed E-state index contributed by atoms with van der Waals surface area (Å²) in [7, 11) is 4.25. The summed E-state index contributed by atoms with van der Waals surface area (Å²) >= 11 is 1.73. The lowest BCUT2D eigenvalue weighted by Gasteiger charge is -2.29. The number of carboxylic acid groups (broad SMARTS) is 1. The SMILES string of the molecule is CN(C)[C@H]1CCc2c(-c3sc4c(c3C(=O)O)CC(C)(C)CC4)cccc21. The molecule has 0 radical (unpaired) electrons. The second-order valence-electron chi connectivity index (χ2n) is 8.75. The second-order valence-corrected chi connectivity index (χ2v) is 9.85. The lowest BCUT2D eigenvalue weighted by Crippen LogP contribution is -2.22. The van der Waals surface area contributed by atoms with Crippen LogP contribution in [-0.4, -0.2) is 30.1 Å². The largest absolute Gasteiger partial charge is 0.478 e. The number of rotatable bonds is 3. The molecule has 4 rings (SSSR count). The molecule has 26 heavy (non-hydrogen) atoms. The number of nitrogens with zero attached hydrogens (tertiary/aromatic N) is 1. The Morgan fingerprint density at radius 2 is 2.00 bits per heavy atom. The van der Waals surface area contributed by atoms with E-state index in [0.717, 1.165) is 48.1 Å². The third-order valence-electron chi connectivity index (χ3n) is 6.10.